The van der Waals surface area contributed by atoms with Gasteiger partial charge in [0, 0.05) is 30.2 Å². The number of rotatable bonds is 5. The first-order valence-electron chi connectivity index (χ1n) is 7.99. The van der Waals surface area contributed by atoms with Crippen LogP contribution in [0.1, 0.15) is 30.8 Å². The topological polar surface area (TPSA) is 74.3 Å². The van der Waals surface area contributed by atoms with Crippen molar-refractivity contribution in [1.29, 1.82) is 0 Å². The molecular formula is C17H20N4O2S. The van der Waals surface area contributed by atoms with E-state index in [1.807, 2.05) is 42.6 Å². The Morgan fingerprint density at radius 2 is 2.21 bits per heavy atom. The molecule has 3 rings (SSSR count). The summed E-state index contributed by atoms with van der Waals surface area (Å²) in [5.74, 6) is 0.0264. The second-order valence-corrected chi connectivity index (χ2v) is 6.62. The largest absolute Gasteiger partial charge is 0.333 e. The molecule has 0 bridgehead atoms. The first kappa shape index (κ1) is 16.4. The summed E-state index contributed by atoms with van der Waals surface area (Å²) >= 11 is 1.52. The van der Waals surface area contributed by atoms with Crippen LogP contribution in [0.3, 0.4) is 0 Å². The minimum Gasteiger partial charge on any atom is -0.333 e. The maximum absolute atomic E-state index is 12.2. The van der Waals surface area contributed by atoms with E-state index in [0.717, 1.165) is 17.1 Å². The molecule has 2 N–H and O–H groups in total. The van der Waals surface area contributed by atoms with E-state index < -0.39 is 0 Å². The average Bonchev–Trinajstić information content (AvgIpc) is 3.23. The average molecular weight is 344 g/mol. The Bertz CT molecular complexity index is 690. The number of amides is 3. The highest BCUT2D eigenvalue weighted by Gasteiger charge is 2.31. The second-order valence-electron chi connectivity index (χ2n) is 5.69. The molecular weight excluding hydrogens is 324 g/mol. The molecule has 2 unspecified atom stereocenters. The zero-order valence-electron chi connectivity index (χ0n) is 13.4. The van der Waals surface area contributed by atoms with Crippen LogP contribution < -0.4 is 15.5 Å². The Morgan fingerprint density at radius 3 is 2.88 bits per heavy atom. The molecule has 126 valence electrons. The summed E-state index contributed by atoms with van der Waals surface area (Å²) in [6.45, 7) is 2.49. The summed E-state index contributed by atoms with van der Waals surface area (Å²) < 4.78 is 0. The minimum atomic E-state index is -0.259. The van der Waals surface area contributed by atoms with Crippen LogP contribution in [0.25, 0.3) is 0 Å². The molecule has 1 aliphatic heterocycles. The molecule has 2 atom stereocenters. The van der Waals surface area contributed by atoms with Crippen molar-refractivity contribution in [3.8, 4) is 0 Å². The van der Waals surface area contributed by atoms with Crippen LogP contribution in [-0.4, -0.2) is 29.5 Å². The van der Waals surface area contributed by atoms with Gasteiger partial charge in [0.15, 0.2) is 0 Å². The number of urea groups is 1. The Morgan fingerprint density at radius 1 is 1.42 bits per heavy atom. The third-order valence-electron chi connectivity index (χ3n) is 3.99. The molecule has 2 aromatic rings. The molecule has 1 aromatic carbocycles. The third-order valence-corrected chi connectivity index (χ3v) is 4.88. The fourth-order valence-electron chi connectivity index (χ4n) is 2.79. The van der Waals surface area contributed by atoms with Crippen LogP contribution in [0.4, 0.5) is 10.5 Å². The molecule has 24 heavy (non-hydrogen) atoms. The second kappa shape index (κ2) is 7.44. The highest BCUT2D eigenvalue weighted by atomic mass is 32.1. The van der Waals surface area contributed by atoms with Crippen molar-refractivity contribution in [2.45, 2.75) is 31.8 Å². The van der Waals surface area contributed by atoms with Crippen LogP contribution in [0.15, 0.2) is 41.9 Å². The number of benzene rings is 1. The van der Waals surface area contributed by atoms with Crippen LogP contribution in [0, 0.1) is 0 Å². The first-order chi connectivity index (χ1) is 11.7. The lowest BCUT2D eigenvalue weighted by molar-refractivity contribution is -0.117. The van der Waals surface area contributed by atoms with Gasteiger partial charge in [-0.1, -0.05) is 25.1 Å². The number of carbonyl (C=O) groups excluding carboxylic acids is 2. The van der Waals surface area contributed by atoms with Gasteiger partial charge in [-0.25, -0.2) is 9.78 Å². The maximum atomic E-state index is 12.2. The Kier molecular flexibility index (Phi) is 5.10. The lowest BCUT2D eigenvalue weighted by Crippen LogP contribution is -2.44. The Labute approximate surface area is 144 Å². The first-order valence-corrected chi connectivity index (χ1v) is 8.87. The van der Waals surface area contributed by atoms with E-state index >= 15 is 0 Å². The number of carbonyl (C=O) groups is 2. The molecule has 0 saturated carbocycles. The van der Waals surface area contributed by atoms with Crippen LogP contribution in [-0.2, 0) is 4.79 Å². The quantitative estimate of drug-likeness (QED) is 0.876. The predicted molar refractivity (Wildman–Crippen MR) is 94.0 cm³/mol. The van der Waals surface area contributed by atoms with Crippen molar-refractivity contribution in [3.05, 3.63) is 46.9 Å². The number of hydrogen-bond acceptors (Lipinski definition) is 4. The molecule has 2 heterocycles. The van der Waals surface area contributed by atoms with Gasteiger partial charge in [-0.15, -0.1) is 11.3 Å². The standard InChI is InChI=1S/C17H20N4O2S/c1-2-14(16-18-8-9-24-16)20-17(23)19-12-10-15(22)21(11-12)13-6-4-3-5-7-13/h3-9,12,14H,2,10-11H2,1H3,(H2,19,20,23). The number of aromatic nitrogens is 1. The van der Waals surface area contributed by atoms with E-state index in [9.17, 15) is 9.59 Å². The number of nitrogens with one attached hydrogen (secondary N) is 2. The normalized spacial score (nSPS) is 18.5. The van der Waals surface area contributed by atoms with Crippen molar-refractivity contribution >= 4 is 29.0 Å². The lowest BCUT2D eigenvalue weighted by Gasteiger charge is -2.19. The van der Waals surface area contributed by atoms with Gasteiger partial charge >= 0.3 is 6.03 Å². The highest BCUT2D eigenvalue weighted by Crippen LogP contribution is 2.21. The van der Waals surface area contributed by atoms with E-state index in [2.05, 4.69) is 15.6 Å². The zero-order valence-corrected chi connectivity index (χ0v) is 14.3. The summed E-state index contributed by atoms with van der Waals surface area (Å²) in [5.41, 5.74) is 0.862. The smallest absolute Gasteiger partial charge is 0.315 e. The summed E-state index contributed by atoms with van der Waals surface area (Å²) in [6.07, 6.45) is 2.81. The number of para-hydroxylation sites is 1. The third kappa shape index (κ3) is 3.73. The van der Waals surface area contributed by atoms with Crippen molar-refractivity contribution in [1.82, 2.24) is 15.6 Å². The van der Waals surface area contributed by atoms with Crippen molar-refractivity contribution in [2.24, 2.45) is 0 Å². The van der Waals surface area contributed by atoms with Gasteiger partial charge in [0.1, 0.15) is 5.01 Å². The molecule has 1 saturated heterocycles. The molecule has 0 aliphatic carbocycles. The molecule has 3 amide bonds. The number of anilines is 1. The van der Waals surface area contributed by atoms with Gasteiger partial charge in [0.2, 0.25) is 5.91 Å². The van der Waals surface area contributed by atoms with Gasteiger partial charge in [-0.2, -0.15) is 0 Å². The summed E-state index contributed by atoms with van der Waals surface area (Å²) in [5, 5.41) is 8.62. The van der Waals surface area contributed by atoms with E-state index in [-0.39, 0.29) is 24.0 Å². The van der Waals surface area contributed by atoms with Crippen LogP contribution in [0.5, 0.6) is 0 Å². The number of thiazole rings is 1. The molecule has 1 aromatic heterocycles. The molecule has 7 heteroatoms. The SMILES string of the molecule is CCC(NC(=O)NC1CC(=O)N(c2ccccc2)C1)c1nccs1. The number of nitrogens with zero attached hydrogens (tertiary/aromatic N) is 2. The summed E-state index contributed by atoms with van der Waals surface area (Å²) in [4.78, 5) is 30.4. The summed E-state index contributed by atoms with van der Waals surface area (Å²) in [7, 11) is 0. The van der Waals surface area contributed by atoms with E-state index in [1.165, 1.54) is 11.3 Å². The maximum Gasteiger partial charge on any atom is 0.315 e. The van der Waals surface area contributed by atoms with Gasteiger partial charge in [0.25, 0.3) is 0 Å². The minimum absolute atomic E-state index is 0.0264. The van der Waals surface area contributed by atoms with Gasteiger partial charge < -0.3 is 15.5 Å². The molecule has 6 nitrogen and oxygen atoms in total. The van der Waals surface area contributed by atoms with Gasteiger partial charge in [0.05, 0.1) is 12.1 Å². The fourth-order valence-corrected chi connectivity index (χ4v) is 3.56. The Balaban J connectivity index is 1.57. The Hall–Kier alpha value is -2.41. The van der Waals surface area contributed by atoms with E-state index in [1.54, 1.807) is 11.1 Å². The van der Waals surface area contributed by atoms with Crippen molar-refractivity contribution < 1.29 is 9.59 Å². The van der Waals surface area contributed by atoms with Gasteiger partial charge in [-0.3, -0.25) is 4.79 Å². The zero-order chi connectivity index (χ0) is 16.9. The molecule has 1 fully saturated rings. The fraction of sp³-hybridized carbons (Fsp3) is 0.353. The van der Waals surface area contributed by atoms with E-state index in [0.29, 0.717) is 13.0 Å². The van der Waals surface area contributed by atoms with E-state index in [4.69, 9.17) is 0 Å². The number of hydrogen-bond donors (Lipinski definition) is 2. The predicted octanol–water partition coefficient (Wildman–Crippen LogP) is 2.70. The molecule has 1 aliphatic rings. The monoisotopic (exact) mass is 344 g/mol. The molecule has 0 spiro atoms. The van der Waals surface area contributed by atoms with Crippen molar-refractivity contribution in [2.75, 3.05) is 11.4 Å². The summed E-state index contributed by atoms with van der Waals surface area (Å²) in [6, 6.07) is 8.96. The molecule has 0 radical (unpaired) electrons. The van der Waals surface area contributed by atoms with Gasteiger partial charge in [-0.05, 0) is 18.6 Å². The van der Waals surface area contributed by atoms with Crippen LogP contribution in [0.2, 0.25) is 0 Å². The van der Waals surface area contributed by atoms with Crippen LogP contribution >= 0.6 is 11.3 Å². The highest BCUT2D eigenvalue weighted by molar-refractivity contribution is 7.09. The van der Waals surface area contributed by atoms with Crippen molar-refractivity contribution in [3.63, 3.8) is 0 Å². The lowest BCUT2D eigenvalue weighted by atomic mass is 10.2.